The lowest BCUT2D eigenvalue weighted by Gasteiger charge is -2.36. The number of nitrogens with zero attached hydrogens (tertiary/aromatic N) is 5. The number of carboxylic acid groups (broad SMARTS) is 1. The molecule has 5 aromatic carbocycles. The Morgan fingerprint density at radius 2 is 1.27 bits per heavy atom. The van der Waals surface area contributed by atoms with Crippen molar-refractivity contribution in [2.45, 2.75) is 44.3 Å². The highest BCUT2D eigenvalue weighted by atomic mass is 16.5. The van der Waals surface area contributed by atoms with E-state index >= 15 is 0 Å². The Bertz CT molecular complexity index is 2120. The van der Waals surface area contributed by atoms with Crippen molar-refractivity contribution in [3.8, 4) is 22.5 Å². The van der Waals surface area contributed by atoms with Crippen molar-refractivity contribution in [1.29, 1.82) is 0 Å². The molecule has 0 saturated heterocycles. The van der Waals surface area contributed by atoms with E-state index in [9.17, 15) is 15.0 Å². The number of nitrogens with one attached hydrogen (secondary N) is 1. The lowest BCUT2D eigenvalue weighted by atomic mass is 9.77. The molecule has 1 aliphatic heterocycles. The second-order valence-electron chi connectivity index (χ2n) is 13.5. The fraction of sp³-hybridized carbons (Fsp3) is 0.190. The van der Waals surface area contributed by atoms with Crippen LogP contribution in [0.4, 0.5) is 0 Å². The van der Waals surface area contributed by atoms with Gasteiger partial charge in [0.05, 0.1) is 5.70 Å². The number of hydrogen-bond acceptors (Lipinski definition) is 8. The Hall–Kier alpha value is -6.10. The molecule has 3 N–H and O–H groups in total. The lowest BCUT2D eigenvalue weighted by molar-refractivity contribution is -0.144. The number of hydrogen-bond donors (Lipinski definition) is 3. The summed E-state index contributed by atoms with van der Waals surface area (Å²) in [5.74, 6) is -1.76. The van der Waals surface area contributed by atoms with Gasteiger partial charge in [0, 0.05) is 26.1 Å². The molecule has 6 aromatic rings. The minimum atomic E-state index is -1.43. The van der Waals surface area contributed by atoms with Gasteiger partial charge in [0.1, 0.15) is 16.8 Å². The van der Waals surface area contributed by atoms with Gasteiger partial charge in [-0.1, -0.05) is 140 Å². The van der Waals surface area contributed by atoms with Gasteiger partial charge < -0.3 is 25.2 Å². The number of carboxylic acids is 1. The minimum absolute atomic E-state index is 0.0446. The zero-order valence-corrected chi connectivity index (χ0v) is 29.4. The summed E-state index contributed by atoms with van der Waals surface area (Å²) in [6, 6.07) is 46.8. The maximum Gasteiger partial charge on any atom is 0.354 e. The lowest BCUT2D eigenvalue weighted by Crippen LogP contribution is -2.52. The number of ether oxygens (including phenoxy) is 1. The monoisotopic (exact) mass is 692 g/mol. The minimum Gasteiger partial charge on any atom is -0.477 e. The van der Waals surface area contributed by atoms with Gasteiger partial charge in [-0.15, -0.1) is 5.10 Å². The van der Waals surface area contributed by atoms with Crippen molar-refractivity contribution in [3.63, 3.8) is 0 Å². The van der Waals surface area contributed by atoms with E-state index in [1.54, 1.807) is 25.7 Å². The molecule has 1 unspecified atom stereocenters. The van der Waals surface area contributed by atoms with E-state index in [4.69, 9.17) is 9.95 Å². The first-order valence-corrected chi connectivity index (χ1v) is 17.0. The fourth-order valence-corrected chi connectivity index (χ4v) is 7.15. The van der Waals surface area contributed by atoms with E-state index < -0.39 is 23.0 Å². The molecule has 10 heteroatoms. The van der Waals surface area contributed by atoms with Gasteiger partial charge in [0.25, 0.3) is 0 Å². The summed E-state index contributed by atoms with van der Waals surface area (Å²) < 4.78 is 7.67. The average Bonchev–Trinajstić information content (AvgIpc) is 3.77. The zero-order valence-electron chi connectivity index (χ0n) is 29.4. The molecule has 0 radical (unpaired) electrons. The molecule has 1 aliphatic rings. The summed E-state index contributed by atoms with van der Waals surface area (Å²) in [4.78, 5) is 14.1. The molecular formula is C42H40N6O4. The van der Waals surface area contributed by atoms with Gasteiger partial charge in [0.15, 0.2) is 5.82 Å². The van der Waals surface area contributed by atoms with E-state index in [1.807, 2.05) is 108 Å². The van der Waals surface area contributed by atoms with Crippen molar-refractivity contribution in [3.05, 3.63) is 173 Å². The van der Waals surface area contributed by atoms with Gasteiger partial charge >= 0.3 is 5.97 Å². The third kappa shape index (κ3) is 5.91. The number of methoxy groups -OCH3 is 1. The molecule has 262 valence electrons. The highest BCUT2D eigenvalue weighted by Crippen LogP contribution is 2.43. The standard InChI is InChI=1S/C42H40N6O4/c1-40(2,51)37-36(39(49)50)47(41(3,43-37)52-4)28-29-24-26-30(27-25-29)34-22-14-15-23-35(34)38-44-45-46-48(38)42(31-16-8-5-9-17-31,32-18-10-6-11-19-32)33-20-12-7-13-21-33/h5-27,43,51H,28H2,1-4H3,(H,49,50). The van der Waals surface area contributed by atoms with Crippen LogP contribution in [0.1, 0.15) is 43.0 Å². The van der Waals surface area contributed by atoms with Crippen molar-refractivity contribution < 1.29 is 19.7 Å². The molecule has 1 atom stereocenters. The van der Waals surface area contributed by atoms with E-state index in [2.05, 4.69) is 52.0 Å². The number of aliphatic hydroxyl groups is 1. The van der Waals surface area contributed by atoms with E-state index in [0.717, 1.165) is 38.9 Å². The highest BCUT2D eigenvalue weighted by molar-refractivity contribution is 5.88. The maximum absolute atomic E-state index is 12.5. The molecule has 1 aromatic heterocycles. The Morgan fingerprint density at radius 1 is 0.769 bits per heavy atom. The Labute approximate surface area is 302 Å². The van der Waals surface area contributed by atoms with Gasteiger partial charge in [-0.05, 0) is 57.7 Å². The molecule has 7 rings (SSSR count). The molecule has 0 bridgehead atoms. The highest BCUT2D eigenvalue weighted by Gasteiger charge is 2.48. The van der Waals surface area contributed by atoms with E-state index in [0.29, 0.717) is 5.82 Å². The van der Waals surface area contributed by atoms with Crippen LogP contribution in [-0.4, -0.2) is 59.8 Å². The van der Waals surface area contributed by atoms with Crippen LogP contribution in [0.2, 0.25) is 0 Å². The SMILES string of the molecule is COC1(C)NC(C(C)(C)O)=C(C(=O)O)N1Cc1ccc(-c2ccccc2-c2nnnn2C(c2ccccc2)(c2ccccc2)c2ccccc2)cc1. The van der Waals surface area contributed by atoms with Crippen molar-refractivity contribution in [1.82, 2.24) is 30.4 Å². The van der Waals surface area contributed by atoms with Crippen LogP contribution in [-0.2, 0) is 21.6 Å². The smallest absolute Gasteiger partial charge is 0.354 e. The van der Waals surface area contributed by atoms with Gasteiger partial charge in [-0.3, -0.25) is 0 Å². The normalized spacial score (nSPS) is 16.2. The van der Waals surface area contributed by atoms with Crippen LogP contribution in [0, 0.1) is 0 Å². The summed E-state index contributed by atoms with van der Waals surface area (Å²) in [5, 5.41) is 37.8. The number of aromatic nitrogens is 4. The Balaban J connectivity index is 1.33. The maximum atomic E-state index is 12.5. The zero-order chi connectivity index (χ0) is 36.5. The molecule has 2 heterocycles. The summed E-state index contributed by atoms with van der Waals surface area (Å²) in [7, 11) is 1.50. The number of aliphatic carboxylic acids is 1. The molecule has 10 nitrogen and oxygen atoms in total. The molecule has 52 heavy (non-hydrogen) atoms. The number of benzene rings is 5. The first-order chi connectivity index (χ1) is 25.1. The first kappa shape index (κ1) is 34.4. The number of rotatable bonds is 11. The quantitative estimate of drug-likeness (QED) is 0.128. The fourth-order valence-electron chi connectivity index (χ4n) is 7.15. The summed E-state index contributed by atoms with van der Waals surface area (Å²) >= 11 is 0. The van der Waals surface area contributed by atoms with Crippen LogP contribution in [0.5, 0.6) is 0 Å². The van der Waals surface area contributed by atoms with Crippen molar-refractivity contribution in [2.75, 3.05) is 7.11 Å². The summed E-state index contributed by atoms with van der Waals surface area (Å²) in [6.45, 7) is 5.05. The van der Waals surface area contributed by atoms with Crippen LogP contribution in [0.25, 0.3) is 22.5 Å². The largest absolute Gasteiger partial charge is 0.477 e. The molecule has 0 amide bonds. The number of carbonyl (C=O) groups is 1. The average molecular weight is 693 g/mol. The number of tetrazole rings is 1. The molecule has 0 spiro atoms. The summed E-state index contributed by atoms with van der Waals surface area (Å²) in [6.07, 6.45) is 0. The molecule has 0 saturated carbocycles. The summed E-state index contributed by atoms with van der Waals surface area (Å²) in [5.41, 5.74) is 4.37. The van der Waals surface area contributed by atoms with Gasteiger partial charge in [0.2, 0.25) is 5.85 Å². The molecule has 0 aliphatic carbocycles. The topological polar surface area (TPSA) is 126 Å². The Kier molecular flexibility index (Phi) is 8.95. The van der Waals surface area contributed by atoms with Gasteiger partial charge in [-0.2, -0.15) is 0 Å². The van der Waals surface area contributed by atoms with Crippen LogP contribution in [0.15, 0.2) is 151 Å². The van der Waals surface area contributed by atoms with Crippen LogP contribution in [0.3, 0.4) is 0 Å². The van der Waals surface area contributed by atoms with E-state index in [-0.39, 0.29) is 17.9 Å². The second-order valence-corrected chi connectivity index (χ2v) is 13.5. The first-order valence-electron chi connectivity index (χ1n) is 17.0. The van der Waals surface area contributed by atoms with Crippen LogP contribution < -0.4 is 5.32 Å². The van der Waals surface area contributed by atoms with Crippen LogP contribution >= 0.6 is 0 Å². The van der Waals surface area contributed by atoms with Gasteiger partial charge in [-0.25, -0.2) is 9.48 Å². The second kappa shape index (κ2) is 13.6. The van der Waals surface area contributed by atoms with Crippen molar-refractivity contribution >= 4 is 5.97 Å². The predicted octanol–water partition coefficient (Wildman–Crippen LogP) is 6.64. The predicted molar refractivity (Wildman–Crippen MR) is 198 cm³/mol. The third-order valence-electron chi connectivity index (χ3n) is 9.73. The molecular weight excluding hydrogens is 652 g/mol. The van der Waals surface area contributed by atoms with Crippen molar-refractivity contribution in [2.24, 2.45) is 0 Å². The van der Waals surface area contributed by atoms with E-state index in [1.165, 1.54) is 7.11 Å². The Morgan fingerprint density at radius 3 is 1.75 bits per heavy atom. The third-order valence-corrected chi connectivity index (χ3v) is 9.73. The molecule has 0 fully saturated rings.